The molecule has 1 amide bonds. The van der Waals surface area contributed by atoms with E-state index in [1.807, 2.05) is 12.1 Å². The molecular weight excluding hydrogens is 366 g/mol. The molecule has 0 fully saturated rings. The average Bonchev–Trinajstić information content (AvgIpc) is 2.87. The minimum Gasteiger partial charge on any atom is -0.508 e. The predicted octanol–water partition coefficient (Wildman–Crippen LogP) is 2.20. The van der Waals surface area contributed by atoms with Gasteiger partial charge in [-0.15, -0.1) is 0 Å². The van der Waals surface area contributed by atoms with Crippen LogP contribution in [-0.2, 0) is 14.8 Å². The highest BCUT2D eigenvalue weighted by Crippen LogP contribution is 2.41. The maximum atomic E-state index is 12.8. The van der Waals surface area contributed by atoms with Crippen LogP contribution >= 0.6 is 0 Å². The fraction of sp³-hybridized carbons (Fsp3) is 0.0526. The summed E-state index contributed by atoms with van der Waals surface area (Å²) in [5.41, 5.74) is 3.50. The van der Waals surface area contributed by atoms with Gasteiger partial charge in [0.15, 0.2) is 0 Å². The summed E-state index contributed by atoms with van der Waals surface area (Å²) < 4.78 is 26.7. The number of aromatic hydroxyl groups is 1. The maximum absolute atomic E-state index is 12.8. The molecule has 2 N–H and O–H groups in total. The third-order valence-electron chi connectivity index (χ3n) is 4.26. The zero-order valence-corrected chi connectivity index (χ0v) is 14.8. The number of rotatable bonds is 4. The van der Waals surface area contributed by atoms with Gasteiger partial charge in [-0.05, 0) is 47.3 Å². The number of nitrogens with one attached hydrogen (secondary N) is 1. The Hall–Kier alpha value is -3.39. The lowest BCUT2D eigenvalue weighted by molar-refractivity contribution is -0.119. The van der Waals surface area contributed by atoms with Crippen molar-refractivity contribution in [1.82, 2.24) is 5.43 Å². The van der Waals surface area contributed by atoms with Crippen LogP contribution in [-0.4, -0.2) is 32.2 Å². The van der Waals surface area contributed by atoms with Crippen LogP contribution in [0, 0.1) is 0 Å². The van der Waals surface area contributed by atoms with Crippen LogP contribution < -0.4 is 9.73 Å². The van der Waals surface area contributed by atoms with E-state index in [2.05, 4.69) is 10.5 Å². The Morgan fingerprint density at radius 3 is 2.52 bits per heavy atom. The highest BCUT2D eigenvalue weighted by atomic mass is 32.2. The second kappa shape index (κ2) is 6.40. The number of phenolic OH excluding ortho intramolecular Hbond substituents is 1. The highest BCUT2D eigenvalue weighted by molar-refractivity contribution is 7.93. The molecule has 3 aromatic carbocycles. The number of hydrogen-bond donors (Lipinski definition) is 2. The number of nitrogens with zero attached hydrogens (tertiary/aromatic N) is 2. The van der Waals surface area contributed by atoms with Crippen LogP contribution in [0.3, 0.4) is 0 Å². The number of phenols is 1. The van der Waals surface area contributed by atoms with Gasteiger partial charge in [0.1, 0.15) is 12.3 Å². The van der Waals surface area contributed by atoms with E-state index in [9.17, 15) is 18.3 Å². The molecule has 3 aromatic rings. The van der Waals surface area contributed by atoms with E-state index in [0.29, 0.717) is 16.6 Å². The first-order chi connectivity index (χ1) is 13.0. The quantitative estimate of drug-likeness (QED) is 0.535. The van der Waals surface area contributed by atoms with E-state index in [-0.39, 0.29) is 17.2 Å². The van der Waals surface area contributed by atoms with Crippen molar-refractivity contribution in [2.24, 2.45) is 5.10 Å². The van der Waals surface area contributed by atoms with E-state index >= 15 is 0 Å². The van der Waals surface area contributed by atoms with Crippen molar-refractivity contribution in [1.29, 1.82) is 0 Å². The molecule has 7 nitrogen and oxygen atoms in total. The molecule has 27 heavy (non-hydrogen) atoms. The van der Waals surface area contributed by atoms with Crippen molar-refractivity contribution >= 4 is 38.6 Å². The normalized spacial score (nSPS) is 14.7. The van der Waals surface area contributed by atoms with Crippen LogP contribution in [0.2, 0.25) is 0 Å². The van der Waals surface area contributed by atoms with Gasteiger partial charge in [-0.25, -0.2) is 13.8 Å². The molecule has 0 bridgehead atoms. The Balaban J connectivity index is 1.54. The SMILES string of the molecule is O=C(CN1c2cccc3cccc(c23)S1(=O)=O)N/N=C/c1ccc(O)cc1. The number of anilines is 1. The molecule has 1 aliphatic rings. The van der Waals surface area contributed by atoms with Crippen LogP contribution in [0.5, 0.6) is 5.75 Å². The zero-order valence-electron chi connectivity index (χ0n) is 14.0. The van der Waals surface area contributed by atoms with E-state index in [1.54, 1.807) is 36.4 Å². The Labute approximate surface area is 155 Å². The molecule has 0 saturated carbocycles. The van der Waals surface area contributed by atoms with Crippen LogP contribution in [0.25, 0.3) is 10.8 Å². The fourth-order valence-corrected chi connectivity index (χ4v) is 4.70. The van der Waals surface area contributed by atoms with Crippen LogP contribution in [0.15, 0.2) is 70.7 Å². The summed E-state index contributed by atoms with van der Waals surface area (Å²) >= 11 is 0. The van der Waals surface area contributed by atoms with Gasteiger partial charge in [0.05, 0.1) is 16.8 Å². The van der Waals surface area contributed by atoms with Gasteiger partial charge in [-0.3, -0.25) is 9.10 Å². The summed E-state index contributed by atoms with van der Waals surface area (Å²) in [5.74, 6) is -0.428. The molecule has 0 radical (unpaired) electrons. The fourth-order valence-electron chi connectivity index (χ4n) is 3.03. The Morgan fingerprint density at radius 1 is 1.07 bits per heavy atom. The van der Waals surface area contributed by atoms with Gasteiger partial charge < -0.3 is 5.11 Å². The molecular formula is C19H15N3O4S. The second-order valence-electron chi connectivity index (χ2n) is 6.03. The third-order valence-corrected chi connectivity index (χ3v) is 6.07. The predicted molar refractivity (Wildman–Crippen MR) is 102 cm³/mol. The number of sulfonamides is 1. The lowest BCUT2D eigenvalue weighted by Gasteiger charge is -2.17. The number of hydrogen-bond acceptors (Lipinski definition) is 5. The summed E-state index contributed by atoms with van der Waals surface area (Å²) in [6, 6.07) is 16.6. The van der Waals surface area contributed by atoms with Crippen molar-refractivity contribution in [3.8, 4) is 5.75 Å². The van der Waals surface area contributed by atoms with Gasteiger partial charge in [0.2, 0.25) is 0 Å². The Morgan fingerprint density at radius 2 is 1.78 bits per heavy atom. The van der Waals surface area contributed by atoms with E-state index in [0.717, 1.165) is 9.69 Å². The molecule has 0 saturated heterocycles. The number of amides is 1. The number of hydrazone groups is 1. The summed E-state index contributed by atoms with van der Waals surface area (Å²) in [6.07, 6.45) is 1.41. The van der Waals surface area contributed by atoms with Gasteiger partial charge in [0.25, 0.3) is 15.9 Å². The Kier molecular flexibility index (Phi) is 4.04. The number of benzene rings is 3. The summed E-state index contributed by atoms with van der Waals surface area (Å²) in [6.45, 7) is -0.372. The van der Waals surface area contributed by atoms with Gasteiger partial charge in [0, 0.05) is 5.39 Å². The van der Waals surface area contributed by atoms with Gasteiger partial charge in [-0.2, -0.15) is 5.10 Å². The molecule has 0 atom stereocenters. The largest absolute Gasteiger partial charge is 0.508 e. The molecule has 0 unspecified atom stereocenters. The summed E-state index contributed by atoms with van der Waals surface area (Å²) in [7, 11) is -3.78. The average molecular weight is 381 g/mol. The molecule has 1 heterocycles. The first-order valence-electron chi connectivity index (χ1n) is 8.12. The molecule has 8 heteroatoms. The van der Waals surface area contributed by atoms with Crippen molar-refractivity contribution in [3.63, 3.8) is 0 Å². The van der Waals surface area contributed by atoms with Crippen molar-refractivity contribution in [2.75, 3.05) is 10.8 Å². The molecule has 1 aliphatic heterocycles. The van der Waals surface area contributed by atoms with Gasteiger partial charge in [-0.1, -0.05) is 24.3 Å². The van der Waals surface area contributed by atoms with Gasteiger partial charge >= 0.3 is 0 Å². The lowest BCUT2D eigenvalue weighted by atomic mass is 10.1. The standard InChI is InChI=1S/C19H15N3O4S/c23-15-9-7-13(8-10-15)11-20-21-18(24)12-22-16-5-1-3-14-4-2-6-17(19(14)16)27(22,25)26/h1-11,23H,12H2,(H,21,24)/b20-11+. The third kappa shape index (κ3) is 3.00. The Bertz CT molecular complexity index is 1170. The highest BCUT2D eigenvalue weighted by Gasteiger charge is 2.36. The van der Waals surface area contributed by atoms with Crippen LogP contribution in [0.1, 0.15) is 5.56 Å². The second-order valence-corrected chi connectivity index (χ2v) is 7.86. The van der Waals surface area contributed by atoms with E-state index in [1.165, 1.54) is 18.3 Å². The lowest BCUT2D eigenvalue weighted by Crippen LogP contribution is -2.37. The van der Waals surface area contributed by atoms with Crippen LogP contribution in [0.4, 0.5) is 5.69 Å². The zero-order chi connectivity index (χ0) is 19.0. The van der Waals surface area contributed by atoms with Crippen molar-refractivity contribution in [2.45, 2.75) is 4.90 Å². The van der Waals surface area contributed by atoms with E-state index < -0.39 is 15.9 Å². The summed E-state index contributed by atoms with van der Waals surface area (Å²) in [4.78, 5) is 12.4. The molecule has 0 spiro atoms. The summed E-state index contributed by atoms with van der Waals surface area (Å²) in [5, 5.41) is 14.5. The first kappa shape index (κ1) is 17.0. The molecule has 0 aromatic heterocycles. The molecule has 4 rings (SSSR count). The van der Waals surface area contributed by atoms with Crippen molar-refractivity contribution in [3.05, 3.63) is 66.2 Å². The maximum Gasteiger partial charge on any atom is 0.265 e. The first-order valence-corrected chi connectivity index (χ1v) is 9.56. The minimum absolute atomic E-state index is 0.129. The minimum atomic E-state index is -3.78. The molecule has 136 valence electrons. The number of carbonyl (C=O) groups is 1. The topological polar surface area (TPSA) is 99.1 Å². The smallest absolute Gasteiger partial charge is 0.265 e. The van der Waals surface area contributed by atoms with Crippen molar-refractivity contribution < 1.29 is 18.3 Å². The number of carbonyl (C=O) groups excluding carboxylic acids is 1. The monoisotopic (exact) mass is 381 g/mol. The van der Waals surface area contributed by atoms with E-state index in [4.69, 9.17) is 0 Å². The molecule has 0 aliphatic carbocycles.